The van der Waals surface area contributed by atoms with Crippen molar-refractivity contribution in [3.63, 3.8) is 0 Å². The SMILES string of the molecule is CCCCCCn1c2ccccc2c2c(CCCC)cc3cc4c(cc(CCCC)c5c6ccccc6n(CCCCCC)c45)cc3c21. The zero-order valence-corrected chi connectivity index (χ0v) is 30.1. The van der Waals surface area contributed by atoms with Crippen LogP contribution in [0.3, 0.4) is 0 Å². The minimum atomic E-state index is 1.08. The minimum absolute atomic E-state index is 1.08. The summed E-state index contributed by atoms with van der Waals surface area (Å²) in [4.78, 5) is 0. The average Bonchev–Trinajstić information content (AvgIpc) is 3.63. The number of rotatable bonds is 16. The molecule has 0 aliphatic heterocycles. The Labute approximate surface area is 288 Å². The van der Waals surface area contributed by atoms with Crippen LogP contribution in [0.1, 0.15) is 116 Å². The van der Waals surface area contributed by atoms with Crippen molar-refractivity contribution in [2.45, 2.75) is 131 Å². The fraction of sp³-hybridized carbons (Fsp3) is 0.435. The number of benzene rings is 5. The molecule has 0 aliphatic rings. The summed E-state index contributed by atoms with van der Waals surface area (Å²) in [7, 11) is 0. The Balaban J connectivity index is 1.57. The molecule has 2 heterocycles. The fourth-order valence-electron chi connectivity index (χ4n) is 8.61. The van der Waals surface area contributed by atoms with Gasteiger partial charge >= 0.3 is 0 Å². The number of hydrogen-bond donors (Lipinski definition) is 0. The third kappa shape index (κ3) is 5.90. The van der Waals surface area contributed by atoms with Gasteiger partial charge in [-0.15, -0.1) is 0 Å². The highest BCUT2D eigenvalue weighted by Gasteiger charge is 2.21. The second kappa shape index (κ2) is 14.8. The molecule has 5 aromatic carbocycles. The highest BCUT2D eigenvalue weighted by atomic mass is 15.0. The highest BCUT2D eigenvalue weighted by Crippen LogP contribution is 2.43. The van der Waals surface area contributed by atoms with Crippen LogP contribution in [-0.4, -0.2) is 9.13 Å². The van der Waals surface area contributed by atoms with Crippen molar-refractivity contribution in [3.8, 4) is 0 Å². The summed E-state index contributed by atoms with van der Waals surface area (Å²) in [5.74, 6) is 0. The van der Waals surface area contributed by atoms with Crippen LogP contribution in [0, 0.1) is 0 Å². The molecule has 2 heteroatoms. The van der Waals surface area contributed by atoms with Crippen molar-refractivity contribution in [2.24, 2.45) is 0 Å². The van der Waals surface area contributed by atoms with Gasteiger partial charge in [0.2, 0.25) is 0 Å². The van der Waals surface area contributed by atoms with Crippen molar-refractivity contribution in [1.82, 2.24) is 9.13 Å². The van der Waals surface area contributed by atoms with Crippen LogP contribution >= 0.6 is 0 Å². The van der Waals surface area contributed by atoms with Crippen LogP contribution in [0.15, 0.2) is 72.8 Å². The van der Waals surface area contributed by atoms with E-state index in [2.05, 4.69) is 110 Å². The topological polar surface area (TPSA) is 9.86 Å². The van der Waals surface area contributed by atoms with Gasteiger partial charge in [-0.3, -0.25) is 0 Å². The van der Waals surface area contributed by atoms with Crippen molar-refractivity contribution in [3.05, 3.63) is 83.9 Å². The smallest absolute Gasteiger partial charge is 0.0574 e. The van der Waals surface area contributed by atoms with Gasteiger partial charge in [0.05, 0.1) is 11.0 Å². The monoisotopic (exact) mass is 636 g/mol. The van der Waals surface area contributed by atoms with Gasteiger partial charge in [0, 0.05) is 56.4 Å². The van der Waals surface area contributed by atoms with Gasteiger partial charge in [-0.1, -0.05) is 128 Å². The Hall–Kier alpha value is -3.78. The Kier molecular flexibility index (Phi) is 10.1. The molecule has 250 valence electrons. The van der Waals surface area contributed by atoms with Gasteiger partial charge in [0.15, 0.2) is 0 Å². The van der Waals surface area contributed by atoms with Crippen LogP contribution in [0.5, 0.6) is 0 Å². The number of nitrogens with zero attached hydrogens (tertiary/aromatic N) is 2. The summed E-state index contributed by atoms with van der Waals surface area (Å²) < 4.78 is 5.40. The van der Waals surface area contributed by atoms with Crippen LogP contribution in [0.4, 0.5) is 0 Å². The lowest BCUT2D eigenvalue weighted by Gasteiger charge is -2.16. The summed E-state index contributed by atoms with van der Waals surface area (Å²) in [6.45, 7) is 11.5. The van der Waals surface area contributed by atoms with Gasteiger partial charge < -0.3 is 9.13 Å². The van der Waals surface area contributed by atoms with E-state index in [4.69, 9.17) is 0 Å². The first-order valence-electron chi connectivity index (χ1n) is 19.5. The number of para-hydroxylation sites is 2. The summed E-state index contributed by atoms with van der Waals surface area (Å²) in [6.07, 6.45) is 17.4. The van der Waals surface area contributed by atoms with E-state index in [1.807, 2.05) is 0 Å². The third-order valence-electron chi connectivity index (χ3n) is 11.0. The molecular formula is C46H56N2. The Morgan fingerprint density at radius 2 is 0.833 bits per heavy atom. The zero-order chi connectivity index (χ0) is 33.0. The highest BCUT2D eigenvalue weighted by molar-refractivity contribution is 6.25. The molecule has 0 amide bonds. The number of aromatic nitrogens is 2. The maximum atomic E-state index is 2.70. The first-order valence-corrected chi connectivity index (χ1v) is 19.5. The standard InChI is InChI=1S/C46H56N2/c1-5-9-13-19-27-47-41-25-17-15-23-37(41)43-33(21-11-7-3)29-35-32-40-36(31-39(35)45(43)47)30-34(22-12-8-4)44-38-24-16-18-26-42(38)48(46(40)44)28-20-14-10-6-2/h15-18,23-26,29-32H,5-14,19-22,27-28H2,1-4H3. The second-order valence-corrected chi connectivity index (χ2v) is 14.5. The number of unbranched alkanes of at least 4 members (excludes halogenated alkanes) is 8. The fourth-order valence-corrected chi connectivity index (χ4v) is 8.61. The molecular weight excluding hydrogens is 581 g/mol. The lowest BCUT2D eigenvalue weighted by molar-refractivity contribution is 0.603. The van der Waals surface area contributed by atoms with Crippen molar-refractivity contribution >= 4 is 65.2 Å². The Morgan fingerprint density at radius 3 is 1.25 bits per heavy atom. The molecule has 48 heavy (non-hydrogen) atoms. The van der Waals surface area contributed by atoms with E-state index in [0.717, 1.165) is 25.9 Å². The zero-order valence-electron chi connectivity index (χ0n) is 30.1. The van der Waals surface area contributed by atoms with E-state index in [-0.39, 0.29) is 0 Å². The third-order valence-corrected chi connectivity index (χ3v) is 11.0. The van der Waals surface area contributed by atoms with E-state index in [9.17, 15) is 0 Å². The van der Waals surface area contributed by atoms with Gasteiger partial charge in [0.25, 0.3) is 0 Å². The molecule has 0 radical (unpaired) electrons. The molecule has 0 aliphatic carbocycles. The second-order valence-electron chi connectivity index (χ2n) is 14.5. The van der Waals surface area contributed by atoms with E-state index in [0.29, 0.717) is 0 Å². The lowest BCUT2D eigenvalue weighted by Crippen LogP contribution is -2.00. The maximum Gasteiger partial charge on any atom is 0.0574 e. The molecule has 0 saturated heterocycles. The van der Waals surface area contributed by atoms with Gasteiger partial charge in [0.1, 0.15) is 0 Å². The van der Waals surface area contributed by atoms with Crippen molar-refractivity contribution < 1.29 is 0 Å². The Bertz CT molecular complexity index is 2030. The molecule has 0 N–H and O–H groups in total. The molecule has 2 aromatic heterocycles. The van der Waals surface area contributed by atoms with Crippen molar-refractivity contribution in [2.75, 3.05) is 0 Å². The molecule has 0 unspecified atom stereocenters. The lowest BCUT2D eigenvalue weighted by atomic mass is 9.92. The quantitative estimate of drug-likeness (QED) is 0.0738. The van der Waals surface area contributed by atoms with E-state index in [1.165, 1.54) is 153 Å². The predicted molar refractivity (Wildman–Crippen MR) is 213 cm³/mol. The summed E-state index contributed by atoms with van der Waals surface area (Å²) in [5, 5.41) is 11.5. The molecule has 2 nitrogen and oxygen atoms in total. The molecule has 0 spiro atoms. The normalized spacial score (nSPS) is 12.2. The van der Waals surface area contributed by atoms with Crippen LogP contribution < -0.4 is 0 Å². The predicted octanol–water partition coefficient (Wildman–Crippen LogP) is 14.1. The molecule has 0 fully saturated rings. The summed E-state index contributed by atoms with van der Waals surface area (Å²) >= 11 is 0. The first kappa shape index (κ1) is 32.8. The van der Waals surface area contributed by atoms with Gasteiger partial charge in [-0.05, 0) is 84.7 Å². The Morgan fingerprint density at radius 1 is 0.417 bits per heavy atom. The number of fused-ring (bicyclic) bond motifs is 10. The maximum absolute atomic E-state index is 2.70. The number of hydrogen-bond acceptors (Lipinski definition) is 0. The minimum Gasteiger partial charge on any atom is -0.340 e. The van der Waals surface area contributed by atoms with Crippen LogP contribution in [-0.2, 0) is 25.9 Å². The van der Waals surface area contributed by atoms with Crippen molar-refractivity contribution in [1.29, 1.82) is 0 Å². The van der Waals surface area contributed by atoms with E-state index >= 15 is 0 Å². The first-order chi connectivity index (χ1) is 23.7. The van der Waals surface area contributed by atoms with Crippen LogP contribution in [0.2, 0.25) is 0 Å². The summed E-state index contributed by atoms with van der Waals surface area (Å²) in [5.41, 5.74) is 8.79. The number of aryl methyl sites for hydroxylation is 4. The summed E-state index contributed by atoms with van der Waals surface area (Å²) in [6, 6.07) is 28.8. The average molecular weight is 637 g/mol. The molecule has 0 atom stereocenters. The largest absolute Gasteiger partial charge is 0.340 e. The molecule has 7 rings (SSSR count). The van der Waals surface area contributed by atoms with E-state index < -0.39 is 0 Å². The van der Waals surface area contributed by atoms with Gasteiger partial charge in [-0.25, -0.2) is 0 Å². The van der Waals surface area contributed by atoms with Gasteiger partial charge in [-0.2, -0.15) is 0 Å². The molecule has 7 aromatic rings. The van der Waals surface area contributed by atoms with E-state index in [1.54, 1.807) is 0 Å². The molecule has 0 saturated carbocycles. The molecule has 0 bridgehead atoms. The van der Waals surface area contributed by atoms with Crippen LogP contribution in [0.25, 0.3) is 65.2 Å².